The van der Waals surface area contributed by atoms with E-state index < -0.39 is 0 Å². The van der Waals surface area contributed by atoms with E-state index in [0.717, 1.165) is 16.8 Å². The molecule has 0 saturated carbocycles. The van der Waals surface area contributed by atoms with Crippen molar-refractivity contribution in [3.63, 3.8) is 0 Å². The second-order valence-corrected chi connectivity index (χ2v) is 5.13. The lowest BCUT2D eigenvalue weighted by Crippen LogP contribution is -3.00. The van der Waals surface area contributed by atoms with E-state index in [-0.39, 0.29) is 25.0 Å². The van der Waals surface area contributed by atoms with Gasteiger partial charge >= 0.3 is 0 Å². The number of halogens is 3. The van der Waals surface area contributed by atoms with Crippen LogP contribution in [0.3, 0.4) is 0 Å². The van der Waals surface area contributed by atoms with Gasteiger partial charge in [0, 0.05) is 12.1 Å². The summed E-state index contributed by atoms with van der Waals surface area (Å²) in [5.74, 6) is 0.886. The molecule has 6 heteroatoms. The van der Waals surface area contributed by atoms with Crippen LogP contribution in [0.2, 0.25) is 5.02 Å². The van der Waals surface area contributed by atoms with Crippen molar-refractivity contribution in [1.82, 2.24) is 0 Å². The lowest BCUT2D eigenvalue weighted by molar-refractivity contribution is -0.631. The Morgan fingerprint density at radius 2 is 1.90 bits per heavy atom. The Bertz CT molecular complexity index is 838. The molecule has 0 spiro atoms. The van der Waals surface area contributed by atoms with Crippen molar-refractivity contribution in [3.05, 3.63) is 41.2 Å². The molecule has 0 saturated heterocycles. The fourth-order valence-electron chi connectivity index (χ4n) is 2.75. The first-order valence-electron chi connectivity index (χ1n) is 6.16. The van der Waals surface area contributed by atoms with Crippen molar-refractivity contribution < 1.29 is 30.8 Å². The average Bonchev–Trinajstić information content (AvgIpc) is 2.92. The molecule has 3 nitrogen and oxygen atoms in total. The van der Waals surface area contributed by atoms with Gasteiger partial charge in [-0.2, -0.15) is 4.57 Å². The molecule has 2 heterocycles. The Kier molecular flexibility index (Phi) is 3.30. The second kappa shape index (κ2) is 4.90. The van der Waals surface area contributed by atoms with Gasteiger partial charge in [-0.15, -0.1) is 0 Å². The van der Waals surface area contributed by atoms with Crippen molar-refractivity contribution in [3.8, 4) is 22.8 Å². The van der Waals surface area contributed by atoms with E-state index in [1.807, 2.05) is 17.7 Å². The fraction of sp³-hybridized carbons (Fsp3) is 0.133. The molecule has 21 heavy (non-hydrogen) atoms. The predicted octanol–water partition coefficient (Wildman–Crippen LogP) is 0.294. The summed E-state index contributed by atoms with van der Waals surface area (Å²) in [6.07, 6.45) is 0. The highest BCUT2D eigenvalue weighted by molar-refractivity contribution is 6.33. The molecule has 0 bridgehead atoms. The number of aromatic nitrogens is 1. The minimum absolute atomic E-state index is 0. The van der Waals surface area contributed by atoms with E-state index in [4.69, 9.17) is 21.1 Å². The van der Waals surface area contributed by atoms with E-state index in [2.05, 4.69) is 0 Å². The molecule has 1 aromatic carbocycles. The Hall–Kier alpha value is -1.78. The molecule has 1 aromatic rings. The number of hydrogen-bond donors (Lipinski definition) is 0. The summed E-state index contributed by atoms with van der Waals surface area (Å²) in [6, 6.07) is 8.50. The van der Waals surface area contributed by atoms with Crippen molar-refractivity contribution in [2.75, 3.05) is 6.79 Å². The lowest BCUT2D eigenvalue weighted by atomic mass is 10.1. The fourth-order valence-corrected chi connectivity index (χ4v) is 3.07. The maximum atomic E-state index is 14.2. The van der Waals surface area contributed by atoms with Gasteiger partial charge in [0.05, 0.1) is 10.9 Å². The van der Waals surface area contributed by atoms with Crippen LogP contribution in [-0.2, 0) is 7.05 Å². The van der Waals surface area contributed by atoms with Crippen LogP contribution in [0.1, 0.15) is 0 Å². The van der Waals surface area contributed by atoms with Crippen molar-refractivity contribution in [1.29, 1.82) is 0 Å². The molecule has 0 amide bonds. The maximum Gasteiger partial charge on any atom is 0.232 e. The first kappa shape index (κ1) is 14.2. The molecule has 108 valence electrons. The molecule has 0 aromatic heterocycles. The third-order valence-electron chi connectivity index (χ3n) is 3.64. The molecule has 2 aliphatic heterocycles. The van der Waals surface area contributed by atoms with Gasteiger partial charge < -0.3 is 21.9 Å². The molecule has 4 rings (SSSR count). The van der Waals surface area contributed by atoms with Gasteiger partial charge in [0.2, 0.25) is 18.0 Å². The number of aryl methyl sites for hydroxylation is 1. The summed E-state index contributed by atoms with van der Waals surface area (Å²) >= 11 is 6.38. The number of benzene rings is 1. The Morgan fingerprint density at radius 3 is 2.67 bits per heavy atom. The largest absolute Gasteiger partial charge is 1.00 e. The summed E-state index contributed by atoms with van der Waals surface area (Å²) < 4.78 is 26.8. The van der Waals surface area contributed by atoms with E-state index >= 15 is 0 Å². The second-order valence-electron chi connectivity index (χ2n) is 4.73. The van der Waals surface area contributed by atoms with Gasteiger partial charge in [0.15, 0.2) is 11.5 Å². The molecule has 0 unspecified atom stereocenters. The topological polar surface area (TPSA) is 22.3 Å². The van der Waals surface area contributed by atoms with Crippen LogP contribution in [0.15, 0.2) is 30.3 Å². The van der Waals surface area contributed by atoms with E-state index in [9.17, 15) is 4.39 Å². The number of hydrogen-bond acceptors (Lipinski definition) is 2. The van der Waals surface area contributed by atoms with E-state index in [1.165, 1.54) is 6.07 Å². The van der Waals surface area contributed by atoms with Gasteiger partial charge in [0.25, 0.3) is 0 Å². The van der Waals surface area contributed by atoms with Crippen LogP contribution in [0.4, 0.5) is 4.39 Å². The normalized spacial score (nSPS) is 12.7. The van der Waals surface area contributed by atoms with Crippen LogP contribution in [0.25, 0.3) is 22.2 Å². The van der Waals surface area contributed by atoms with Gasteiger partial charge in [0.1, 0.15) is 17.9 Å². The third-order valence-corrected chi connectivity index (χ3v) is 3.93. The minimum atomic E-state index is -0.275. The molecule has 0 atom stereocenters. The Morgan fingerprint density at radius 1 is 1.19 bits per heavy atom. The zero-order valence-electron chi connectivity index (χ0n) is 11.0. The summed E-state index contributed by atoms with van der Waals surface area (Å²) in [5, 5.41) is 1.05. The van der Waals surface area contributed by atoms with E-state index in [1.54, 1.807) is 18.2 Å². The number of ether oxygens (including phenoxy) is 2. The molecular formula is C15H10Cl2FNO2. The molecular weight excluding hydrogens is 316 g/mol. The van der Waals surface area contributed by atoms with Crippen molar-refractivity contribution in [2.45, 2.75) is 0 Å². The standard InChI is InChI=1S/C15H10ClFNO2.ClH/c1-18-11-4-2-3-10(17)14(11)8-5-12-13(20-7-19-12)6-9(16)15(8)18;/h2-6H,7H2,1H3;1H/q+1;/p-1. The maximum absolute atomic E-state index is 14.2. The van der Waals surface area contributed by atoms with Crippen LogP contribution in [0.5, 0.6) is 11.5 Å². The summed E-state index contributed by atoms with van der Waals surface area (Å²) in [7, 11) is 1.86. The van der Waals surface area contributed by atoms with Gasteiger partial charge in [-0.25, -0.2) is 4.39 Å². The average molecular weight is 326 g/mol. The molecule has 0 N–H and O–H groups in total. The summed E-state index contributed by atoms with van der Waals surface area (Å²) in [4.78, 5) is 0. The first-order chi connectivity index (χ1) is 9.66. The highest BCUT2D eigenvalue weighted by Crippen LogP contribution is 2.42. The van der Waals surface area contributed by atoms with Gasteiger partial charge in [-0.05, 0) is 12.1 Å². The molecule has 1 aliphatic carbocycles. The highest BCUT2D eigenvalue weighted by Gasteiger charge is 2.30. The van der Waals surface area contributed by atoms with Gasteiger partial charge in [-0.3, -0.25) is 0 Å². The van der Waals surface area contributed by atoms with Crippen LogP contribution < -0.4 is 26.4 Å². The molecule has 0 radical (unpaired) electrons. The lowest BCUT2D eigenvalue weighted by Gasteiger charge is -1.93. The van der Waals surface area contributed by atoms with Crippen LogP contribution in [0, 0.1) is 5.82 Å². The van der Waals surface area contributed by atoms with Crippen LogP contribution in [-0.4, -0.2) is 6.79 Å². The van der Waals surface area contributed by atoms with Crippen molar-refractivity contribution in [2.24, 2.45) is 7.05 Å². The van der Waals surface area contributed by atoms with Gasteiger partial charge in [-0.1, -0.05) is 17.7 Å². The molecule has 0 fully saturated rings. The monoisotopic (exact) mass is 325 g/mol. The zero-order chi connectivity index (χ0) is 13.9. The van der Waals surface area contributed by atoms with E-state index in [0.29, 0.717) is 21.9 Å². The van der Waals surface area contributed by atoms with Crippen molar-refractivity contribution >= 4 is 22.5 Å². The molecule has 3 aliphatic rings. The third kappa shape index (κ3) is 1.90. The Labute approximate surface area is 131 Å². The van der Waals surface area contributed by atoms with Crippen LogP contribution >= 0.6 is 11.6 Å². The number of nitrogens with zero attached hydrogens (tertiary/aromatic N) is 1. The summed E-state index contributed by atoms with van der Waals surface area (Å²) in [5.41, 5.74) is 2.27. The number of fused-ring (bicyclic) bond motifs is 4. The highest BCUT2D eigenvalue weighted by atomic mass is 35.5. The minimum Gasteiger partial charge on any atom is -1.00 e. The summed E-state index contributed by atoms with van der Waals surface area (Å²) in [6.45, 7) is 0.157. The SMILES string of the molecule is C[n+]1c2c(Cl)cc3c(cc-2c2c(F)cccc21)OCO3.[Cl-]. The predicted molar refractivity (Wildman–Crippen MR) is 72.8 cm³/mol. The zero-order valence-corrected chi connectivity index (χ0v) is 12.5. The number of rotatable bonds is 0. The first-order valence-corrected chi connectivity index (χ1v) is 6.53. The Balaban J connectivity index is 0.00000132. The quantitative estimate of drug-likeness (QED) is 0.555. The smallest absolute Gasteiger partial charge is 0.232 e.